The van der Waals surface area contributed by atoms with Gasteiger partial charge in [-0.2, -0.15) is 0 Å². The third-order valence-corrected chi connectivity index (χ3v) is 4.10. The zero-order valence-electron chi connectivity index (χ0n) is 10.7. The van der Waals surface area contributed by atoms with E-state index in [-0.39, 0.29) is 0 Å². The quantitative estimate of drug-likeness (QED) is 0.793. The van der Waals surface area contributed by atoms with Gasteiger partial charge in [-0.05, 0) is 55.2 Å². The van der Waals surface area contributed by atoms with Gasteiger partial charge in [-0.25, -0.2) is 0 Å². The van der Waals surface area contributed by atoms with E-state index >= 15 is 0 Å². The van der Waals surface area contributed by atoms with Crippen LogP contribution in [0.3, 0.4) is 0 Å². The molecule has 17 heavy (non-hydrogen) atoms. The molecule has 2 heteroatoms. The van der Waals surface area contributed by atoms with Crippen LogP contribution in [-0.2, 0) is 17.6 Å². The van der Waals surface area contributed by atoms with Gasteiger partial charge in [0.2, 0.25) is 0 Å². The highest BCUT2D eigenvalue weighted by Gasteiger charge is 2.32. The van der Waals surface area contributed by atoms with Gasteiger partial charge in [-0.15, -0.1) is 0 Å². The molecule has 2 N–H and O–H groups in total. The summed E-state index contributed by atoms with van der Waals surface area (Å²) in [5.41, 5.74) is 9.37. The topological polar surface area (TPSA) is 35.2 Å². The standard InChI is InChI=1S/C15H23NO/c1-17-10-4-8-15(12-16)9-7-13-5-2-3-6-14(13)11-15/h2-3,5-6H,4,7-12,16H2,1H3. The number of ether oxygens (including phenoxy) is 1. The average Bonchev–Trinajstić information content (AvgIpc) is 2.39. The predicted octanol–water partition coefficient (Wildman–Crippen LogP) is 2.55. The van der Waals surface area contributed by atoms with Gasteiger partial charge in [0.05, 0.1) is 0 Å². The first-order chi connectivity index (χ1) is 8.29. The number of benzene rings is 1. The maximum Gasteiger partial charge on any atom is 0.0462 e. The van der Waals surface area contributed by atoms with Crippen molar-refractivity contribution in [3.63, 3.8) is 0 Å². The number of nitrogens with two attached hydrogens (primary N) is 1. The molecule has 2 rings (SSSR count). The van der Waals surface area contributed by atoms with Gasteiger partial charge in [0.1, 0.15) is 0 Å². The molecular formula is C15H23NO. The summed E-state index contributed by atoms with van der Waals surface area (Å²) in [5, 5.41) is 0. The monoisotopic (exact) mass is 233 g/mol. The molecular weight excluding hydrogens is 210 g/mol. The van der Waals surface area contributed by atoms with Gasteiger partial charge in [-0.1, -0.05) is 24.3 Å². The number of hydrogen-bond donors (Lipinski definition) is 1. The van der Waals surface area contributed by atoms with Crippen molar-refractivity contribution in [2.24, 2.45) is 11.1 Å². The van der Waals surface area contributed by atoms with Gasteiger partial charge in [0, 0.05) is 13.7 Å². The van der Waals surface area contributed by atoms with Gasteiger partial charge >= 0.3 is 0 Å². The minimum Gasteiger partial charge on any atom is -0.385 e. The second kappa shape index (κ2) is 5.65. The van der Waals surface area contributed by atoms with Gasteiger partial charge in [-0.3, -0.25) is 0 Å². The number of fused-ring (bicyclic) bond motifs is 1. The van der Waals surface area contributed by atoms with Crippen molar-refractivity contribution in [3.05, 3.63) is 35.4 Å². The highest BCUT2D eigenvalue weighted by molar-refractivity contribution is 5.31. The zero-order chi connectivity index (χ0) is 12.1. The Morgan fingerprint density at radius 2 is 2.06 bits per heavy atom. The van der Waals surface area contributed by atoms with Crippen LogP contribution in [0.4, 0.5) is 0 Å². The predicted molar refractivity (Wildman–Crippen MR) is 71.1 cm³/mol. The summed E-state index contributed by atoms with van der Waals surface area (Å²) in [6.45, 7) is 1.65. The lowest BCUT2D eigenvalue weighted by Crippen LogP contribution is -2.36. The Morgan fingerprint density at radius 1 is 1.29 bits per heavy atom. The Kier molecular flexibility index (Phi) is 4.19. The van der Waals surface area contributed by atoms with Crippen molar-refractivity contribution in [3.8, 4) is 0 Å². The molecule has 0 amide bonds. The largest absolute Gasteiger partial charge is 0.385 e. The summed E-state index contributed by atoms with van der Waals surface area (Å²) in [7, 11) is 1.77. The third-order valence-electron chi connectivity index (χ3n) is 4.10. The number of hydrogen-bond acceptors (Lipinski definition) is 2. The highest BCUT2D eigenvalue weighted by Crippen LogP contribution is 2.38. The fraction of sp³-hybridized carbons (Fsp3) is 0.600. The number of aryl methyl sites for hydroxylation is 1. The minimum absolute atomic E-state index is 0.312. The molecule has 0 fully saturated rings. The maximum absolute atomic E-state index is 6.04. The summed E-state index contributed by atoms with van der Waals surface area (Å²) in [5.74, 6) is 0. The lowest BCUT2D eigenvalue weighted by atomic mass is 9.69. The Balaban J connectivity index is 2.06. The molecule has 1 aromatic rings. The number of rotatable bonds is 5. The van der Waals surface area contributed by atoms with E-state index in [1.165, 1.54) is 30.4 Å². The summed E-state index contributed by atoms with van der Waals surface area (Å²) in [6.07, 6.45) is 5.86. The summed E-state index contributed by atoms with van der Waals surface area (Å²) in [4.78, 5) is 0. The fourth-order valence-corrected chi connectivity index (χ4v) is 2.95. The Morgan fingerprint density at radius 3 is 2.76 bits per heavy atom. The molecule has 0 heterocycles. The van der Waals surface area contributed by atoms with Crippen LogP contribution >= 0.6 is 0 Å². The minimum atomic E-state index is 0.312. The van der Waals surface area contributed by atoms with Crippen LogP contribution in [0.2, 0.25) is 0 Å². The molecule has 0 aliphatic heterocycles. The first-order valence-corrected chi connectivity index (χ1v) is 6.55. The molecule has 0 radical (unpaired) electrons. The van der Waals surface area contributed by atoms with Crippen LogP contribution in [0.15, 0.2) is 24.3 Å². The van der Waals surface area contributed by atoms with Crippen LogP contribution in [-0.4, -0.2) is 20.3 Å². The van der Waals surface area contributed by atoms with Gasteiger partial charge in [0.15, 0.2) is 0 Å². The highest BCUT2D eigenvalue weighted by atomic mass is 16.5. The van der Waals surface area contributed by atoms with E-state index in [9.17, 15) is 0 Å². The molecule has 1 atom stereocenters. The fourth-order valence-electron chi connectivity index (χ4n) is 2.95. The first-order valence-electron chi connectivity index (χ1n) is 6.55. The molecule has 94 valence electrons. The first kappa shape index (κ1) is 12.6. The van der Waals surface area contributed by atoms with E-state index in [0.717, 1.165) is 26.0 Å². The Bertz CT molecular complexity index is 364. The molecule has 1 aliphatic rings. The molecule has 0 bridgehead atoms. The Hall–Kier alpha value is -0.860. The van der Waals surface area contributed by atoms with E-state index in [4.69, 9.17) is 10.5 Å². The van der Waals surface area contributed by atoms with E-state index < -0.39 is 0 Å². The smallest absolute Gasteiger partial charge is 0.0462 e. The van der Waals surface area contributed by atoms with Crippen LogP contribution in [0, 0.1) is 5.41 Å². The van der Waals surface area contributed by atoms with Crippen LogP contribution in [0.1, 0.15) is 30.4 Å². The lowest BCUT2D eigenvalue weighted by Gasteiger charge is -2.37. The van der Waals surface area contributed by atoms with E-state index in [1.807, 2.05) is 0 Å². The van der Waals surface area contributed by atoms with E-state index in [0.29, 0.717) is 5.41 Å². The summed E-state index contributed by atoms with van der Waals surface area (Å²) in [6, 6.07) is 8.79. The molecule has 0 saturated heterocycles. The second-order valence-electron chi connectivity index (χ2n) is 5.25. The molecule has 1 aliphatic carbocycles. The molecule has 1 unspecified atom stereocenters. The van der Waals surface area contributed by atoms with Crippen LogP contribution < -0.4 is 5.73 Å². The van der Waals surface area contributed by atoms with Crippen molar-refractivity contribution in [2.45, 2.75) is 32.1 Å². The SMILES string of the molecule is COCCCC1(CN)CCc2ccccc2C1. The molecule has 2 nitrogen and oxygen atoms in total. The lowest BCUT2D eigenvalue weighted by molar-refractivity contribution is 0.158. The van der Waals surface area contributed by atoms with E-state index in [2.05, 4.69) is 24.3 Å². The van der Waals surface area contributed by atoms with Crippen LogP contribution in [0.5, 0.6) is 0 Å². The Labute approximate surface area is 104 Å². The molecule has 0 saturated carbocycles. The zero-order valence-corrected chi connectivity index (χ0v) is 10.7. The van der Waals surface area contributed by atoms with Gasteiger partial charge < -0.3 is 10.5 Å². The summed E-state index contributed by atoms with van der Waals surface area (Å²) < 4.78 is 5.15. The maximum atomic E-state index is 6.04. The normalized spacial score (nSPS) is 23.4. The molecule has 0 aromatic heterocycles. The van der Waals surface area contributed by atoms with Crippen molar-refractivity contribution in [1.29, 1.82) is 0 Å². The van der Waals surface area contributed by atoms with E-state index in [1.54, 1.807) is 7.11 Å². The van der Waals surface area contributed by atoms with Crippen LogP contribution in [0.25, 0.3) is 0 Å². The number of methoxy groups -OCH3 is 1. The van der Waals surface area contributed by atoms with Crippen molar-refractivity contribution in [1.82, 2.24) is 0 Å². The average molecular weight is 233 g/mol. The van der Waals surface area contributed by atoms with Crippen molar-refractivity contribution < 1.29 is 4.74 Å². The third kappa shape index (κ3) is 2.88. The van der Waals surface area contributed by atoms with Crippen molar-refractivity contribution >= 4 is 0 Å². The molecule has 0 spiro atoms. The second-order valence-corrected chi connectivity index (χ2v) is 5.25. The van der Waals surface area contributed by atoms with Crippen molar-refractivity contribution in [2.75, 3.05) is 20.3 Å². The molecule has 1 aromatic carbocycles. The van der Waals surface area contributed by atoms with Gasteiger partial charge in [0.25, 0.3) is 0 Å². The summed E-state index contributed by atoms with van der Waals surface area (Å²) >= 11 is 0.